The lowest BCUT2D eigenvalue weighted by atomic mass is 10.1. The van der Waals surface area contributed by atoms with Crippen molar-refractivity contribution in [2.75, 3.05) is 24.6 Å². The van der Waals surface area contributed by atoms with Crippen molar-refractivity contribution >= 4 is 5.82 Å². The van der Waals surface area contributed by atoms with Crippen LogP contribution in [0.15, 0.2) is 18.3 Å². The lowest BCUT2D eigenvalue weighted by Crippen LogP contribution is -2.33. The molecule has 0 fully saturated rings. The van der Waals surface area contributed by atoms with Crippen LogP contribution < -0.4 is 4.90 Å². The van der Waals surface area contributed by atoms with E-state index in [1.807, 2.05) is 0 Å². The third-order valence-corrected chi connectivity index (χ3v) is 2.29. The summed E-state index contributed by atoms with van der Waals surface area (Å²) in [5.74, 6) is 0.289. The van der Waals surface area contributed by atoms with Crippen LogP contribution in [0, 0.1) is 0 Å². The summed E-state index contributed by atoms with van der Waals surface area (Å²) in [5.41, 5.74) is 0.474. The highest BCUT2D eigenvalue weighted by atomic mass is 19.3. The maximum absolute atomic E-state index is 12.4. The third-order valence-electron chi connectivity index (χ3n) is 2.29. The SMILES string of the molecule is C[C@@H](O)c1cccnc1N(CCO)CC(F)F. The molecule has 1 rings (SSSR count). The van der Waals surface area contributed by atoms with Gasteiger partial charge in [-0.25, -0.2) is 13.8 Å². The average Bonchev–Trinajstić information content (AvgIpc) is 2.28. The van der Waals surface area contributed by atoms with Crippen molar-refractivity contribution in [3.8, 4) is 0 Å². The van der Waals surface area contributed by atoms with Crippen LogP contribution in [0.2, 0.25) is 0 Å². The van der Waals surface area contributed by atoms with Gasteiger partial charge < -0.3 is 15.1 Å². The Labute approximate surface area is 98.5 Å². The molecule has 6 heteroatoms. The molecule has 0 saturated heterocycles. The summed E-state index contributed by atoms with van der Waals surface area (Å²) in [4.78, 5) is 5.26. The van der Waals surface area contributed by atoms with E-state index in [9.17, 15) is 13.9 Å². The van der Waals surface area contributed by atoms with Crippen LogP contribution in [0.5, 0.6) is 0 Å². The highest BCUT2D eigenvalue weighted by Gasteiger charge is 2.18. The quantitative estimate of drug-likeness (QED) is 0.792. The highest BCUT2D eigenvalue weighted by molar-refractivity contribution is 5.47. The number of nitrogens with zero attached hydrogens (tertiary/aromatic N) is 2. The molecule has 17 heavy (non-hydrogen) atoms. The number of hydrogen-bond donors (Lipinski definition) is 2. The topological polar surface area (TPSA) is 56.6 Å². The van der Waals surface area contributed by atoms with Gasteiger partial charge in [-0.2, -0.15) is 0 Å². The summed E-state index contributed by atoms with van der Waals surface area (Å²) in [6.45, 7) is 0.834. The minimum Gasteiger partial charge on any atom is -0.395 e. The number of pyridine rings is 1. The zero-order valence-corrected chi connectivity index (χ0v) is 9.55. The Morgan fingerprint density at radius 2 is 2.18 bits per heavy atom. The van der Waals surface area contributed by atoms with Crippen LogP contribution in [0.25, 0.3) is 0 Å². The molecule has 0 aliphatic carbocycles. The Morgan fingerprint density at radius 1 is 1.47 bits per heavy atom. The Bertz CT molecular complexity index is 348. The molecule has 4 nitrogen and oxygen atoms in total. The van der Waals surface area contributed by atoms with E-state index in [-0.39, 0.29) is 19.0 Å². The predicted octanol–water partition coefficient (Wildman–Crippen LogP) is 1.20. The molecule has 0 radical (unpaired) electrons. The normalized spacial score (nSPS) is 12.8. The van der Waals surface area contributed by atoms with Gasteiger partial charge in [-0.15, -0.1) is 0 Å². The van der Waals surface area contributed by atoms with E-state index in [2.05, 4.69) is 4.98 Å². The van der Waals surface area contributed by atoms with Gasteiger partial charge in [0, 0.05) is 18.3 Å². The maximum atomic E-state index is 12.4. The zero-order chi connectivity index (χ0) is 12.8. The number of halogens is 2. The first-order chi connectivity index (χ1) is 8.06. The van der Waals surface area contributed by atoms with E-state index >= 15 is 0 Å². The molecule has 2 N–H and O–H groups in total. The second-order valence-corrected chi connectivity index (χ2v) is 3.65. The Hall–Kier alpha value is -1.27. The second-order valence-electron chi connectivity index (χ2n) is 3.65. The first-order valence-corrected chi connectivity index (χ1v) is 5.33. The zero-order valence-electron chi connectivity index (χ0n) is 9.55. The van der Waals surface area contributed by atoms with Gasteiger partial charge in [-0.3, -0.25) is 0 Å². The number of rotatable bonds is 6. The van der Waals surface area contributed by atoms with Crippen LogP contribution in [0.1, 0.15) is 18.6 Å². The number of aromatic nitrogens is 1. The summed E-state index contributed by atoms with van der Waals surface area (Å²) in [5, 5.41) is 18.4. The summed E-state index contributed by atoms with van der Waals surface area (Å²) < 4.78 is 24.8. The van der Waals surface area contributed by atoms with Gasteiger partial charge in [0.25, 0.3) is 6.43 Å². The third kappa shape index (κ3) is 3.90. The monoisotopic (exact) mass is 246 g/mol. The van der Waals surface area contributed by atoms with Crippen molar-refractivity contribution in [3.63, 3.8) is 0 Å². The van der Waals surface area contributed by atoms with Crippen molar-refractivity contribution in [2.24, 2.45) is 0 Å². The fourth-order valence-corrected chi connectivity index (χ4v) is 1.57. The number of alkyl halides is 2. The van der Waals surface area contributed by atoms with Gasteiger partial charge in [0.1, 0.15) is 5.82 Å². The van der Waals surface area contributed by atoms with E-state index < -0.39 is 19.1 Å². The average molecular weight is 246 g/mol. The van der Waals surface area contributed by atoms with Crippen molar-refractivity contribution in [1.82, 2.24) is 4.98 Å². The summed E-state index contributed by atoms with van der Waals surface area (Å²) >= 11 is 0. The molecule has 0 unspecified atom stereocenters. The summed E-state index contributed by atoms with van der Waals surface area (Å²) in [6, 6.07) is 3.26. The van der Waals surface area contributed by atoms with Gasteiger partial charge in [0.2, 0.25) is 0 Å². The molecule has 0 amide bonds. The van der Waals surface area contributed by atoms with E-state index in [1.165, 1.54) is 11.1 Å². The van der Waals surface area contributed by atoms with Crippen LogP contribution in [-0.2, 0) is 0 Å². The maximum Gasteiger partial charge on any atom is 0.255 e. The van der Waals surface area contributed by atoms with Crippen LogP contribution in [0.4, 0.5) is 14.6 Å². The van der Waals surface area contributed by atoms with Crippen molar-refractivity contribution in [2.45, 2.75) is 19.5 Å². The molecule has 0 aliphatic rings. The number of hydrogen-bond acceptors (Lipinski definition) is 4. The molecule has 0 aromatic carbocycles. The minimum absolute atomic E-state index is 0.0566. The van der Waals surface area contributed by atoms with Gasteiger partial charge in [0.15, 0.2) is 0 Å². The number of aliphatic hydroxyl groups is 2. The smallest absolute Gasteiger partial charge is 0.255 e. The largest absolute Gasteiger partial charge is 0.395 e. The molecular weight excluding hydrogens is 230 g/mol. The van der Waals surface area contributed by atoms with Gasteiger partial charge in [-0.1, -0.05) is 6.07 Å². The number of aliphatic hydroxyl groups excluding tert-OH is 2. The predicted molar refractivity (Wildman–Crippen MR) is 60.2 cm³/mol. The highest BCUT2D eigenvalue weighted by Crippen LogP contribution is 2.23. The molecule has 0 saturated carbocycles. The molecular formula is C11H16F2N2O2. The summed E-state index contributed by atoms with van der Waals surface area (Å²) in [7, 11) is 0. The van der Waals surface area contributed by atoms with Crippen molar-refractivity contribution < 1.29 is 19.0 Å². The van der Waals surface area contributed by atoms with Gasteiger partial charge in [0.05, 0.1) is 19.3 Å². The first kappa shape index (κ1) is 13.8. The molecule has 96 valence electrons. The Kier molecular flexibility index (Phi) is 5.24. The van der Waals surface area contributed by atoms with E-state index in [0.717, 1.165) is 0 Å². The fourth-order valence-electron chi connectivity index (χ4n) is 1.57. The molecule has 1 aromatic rings. The van der Waals surface area contributed by atoms with Crippen molar-refractivity contribution in [3.05, 3.63) is 23.9 Å². The van der Waals surface area contributed by atoms with Crippen LogP contribution >= 0.6 is 0 Å². The van der Waals surface area contributed by atoms with Gasteiger partial charge >= 0.3 is 0 Å². The molecule has 1 heterocycles. The van der Waals surface area contributed by atoms with Crippen LogP contribution in [0.3, 0.4) is 0 Å². The van der Waals surface area contributed by atoms with Crippen molar-refractivity contribution in [1.29, 1.82) is 0 Å². The first-order valence-electron chi connectivity index (χ1n) is 5.33. The molecule has 0 bridgehead atoms. The summed E-state index contributed by atoms with van der Waals surface area (Å²) in [6.07, 6.45) is -1.85. The lowest BCUT2D eigenvalue weighted by molar-refractivity contribution is 0.151. The van der Waals surface area contributed by atoms with E-state index in [0.29, 0.717) is 5.56 Å². The minimum atomic E-state index is -2.52. The van der Waals surface area contributed by atoms with Crippen LogP contribution in [-0.4, -0.2) is 41.3 Å². The Balaban J connectivity index is 2.99. The number of anilines is 1. The molecule has 1 atom stereocenters. The van der Waals surface area contributed by atoms with Gasteiger partial charge in [-0.05, 0) is 13.0 Å². The Morgan fingerprint density at radius 3 is 2.71 bits per heavy atom. The second kappa shape index (κ2) is 6.46. The standard InChI is InChI=1S/C11H16F2N2O2/c1-8(17)9-3-2-4-14-11(9)15(5-6-16)7-10(12)13/h2-4,8,10,16-17H,5-7H2,1H3/t8-/m1/s1. The van der Waals surface area contributed by atoms with E-state index in [4.69, 9.17) is 5.11 Å². The lowest BCUT2D eigenvalue weighted by Gasteiger charge is -2.25. The van der Waals surface area contributed by atoms with E-state index in [1.54, 1.807) is 19.1 Å². The molecule has 0 spiro atoms. The fraction of sp³-hybridized carbons (Fsp3) is 0.545. The molecule has 0 aliphatic heterocycles. The molecule has 1 aromatic heterocycles.